The molecular formula is C17H22ClNO6. The molecule has 0 saturated heterocycles. The number of halogens is 1. The van der Waals surface area contributed by atoms with E-state index in [9.17, 15) is 14.4 Å². The lowest BCUT2D eigenvalue weighted by atomic mass is 10.0. The molecule has 0 bridgehead atoms. The number of hydrogen-bond donors (Lipinski definition) is 2. The van der Waals surface area contributed by atoms with Crippen molar-refractivity contribution in [1.29, 1.82) is 0 Å². The molecular weight excluding hydrogens is 350 g/mol. The van der Waals surface area contributed by atoms with Crippen LogP contribution >= 0.6 is 11.6 Å². The van der Waals surface area contributed by atoms with E-state index in [1.165, 1.54) is 6.92 Å². The Bertz CT molecular complexity index is 602. The molecule has 25 heavy (non-hydrogen) atoms. The number of benzene rings is 1. The highest BCUT2D eigenvalue weighted by atomic mass is 35.5. The van der Waals surface area contributed by atoms with E-state index in [-0.39, 0.29) is 18.8 Å². The molecule has 2 unspecified atom stereocenters. The summed E-state index contributed by atoms with van der Waals surface area (Å²) in [5.74, 6) is -1.77. The molecule has 0 fully saturated rings. The van der Waals surface area contributed by atoms with Crippen molar-refractivity contribution in [2.24, 2.45) is 5.92 Å². The fourth-order valence-corrected chi connectivity index (χ4v) is 2.15. The van der Waals surface area contributed by atoms with Gasteiger partial charge in [-0.15, -0.1) is 0 Å². The number of ether oxygens (including phenoxy) is 2. The van der Waals surface area contributed by atoms with Crippen LogP contribution in [0.1, 0.15) is 45.2 Å². The molecule has 1 amide bonds. The predicted molar refractivity (Wildman–Crippen MR) is 91.1 cm³/mol. The summed E-state index contributed by atoms with van der Waals surface area (Å²) >= 11 is 5.85. The molecule has 0 saturated carbocycles. The Morgan fingerprint density at radius 3 is 2.24 bits per heavy atom. The number of aliphatic carboxylic acids is 1. The second-order valence-electron chi connectivity index (χ2n) is 5.81. The van der Waals surface area contributed by atoms with Crippen LogP contribution in [0.25, 0.3) is 0 Å². The van der Waals surface area contributed by atoms with Gasteiger partial charge in [0.1, 0.15) is 0 Å². The average Bonchev–Trinajstić information content (AvgIpc) is 2.51. The summed E-state index contributed by atoms with van der Waals surface area (Å²) in [5, 5.41) is 12.0. The Labute approximate surface area is 151 Å². The minimum absolute atomic E-state index is 0.134. The summed E-state index contributed by atoms with van der Waals surface area (Å²) in [4.78, 5) is 34.1. The first kappa shape index (κ1) is 20.8. The maximum Gasteiger partial charge on any atom is 0.410 e. The molecule has 7 nitrogen and oxygen atoms in total. The fourth-order valence-electron chi connectivity index (χ4n) is 2.03. The second-order valence-corrected chi connectivity index (χ2v) is 6.24. The smallest absolute Gasteiger partial charge is 0.410 e. The van der Waals surface area contributed by atoms with Crippen LogP contribution in [0.4, 0.5) is 4.79 Å². The zero-order chi connectivity index (χ0) is 19.0. The number of nitrogens with one attached hydrogen (secondary N) is 1. The maximum absolute atomic E-state index is 12.1. The van der Waals surface area contributed by atoms with Crippen molar-refractivity contribution in [2.45, 2.75) is 45.9 Å². The summed E-state index contributed by atoms with van der Waals surface area (Å²) in [6.45, 7) is 4.70. The van der Waals surface area contributed by atoms with E-state index in [0.29, 0.717) is 10.6 Å². The third-order valence-corrected chi connectivity index (χ3v) is 3.51. The van der Waals surface area contributed by atoms with Gasteiger partial charge in [-0.1, -0.05) is 37.6 Å². The number of rotatable bonds is 8. The first-order valence-electron chi connectivity index (χ1n) is 7.80. The second kappa shape index (κ2) is 9.88. The largest absolute Gasteiger partial charge is 0.481 e. The highest BCUT2D eigenvalue weighted by molar-refractivity contribution is 6.30. The molecule has 1 rings (SSSR count). The molecule has 2 N–H and O–H groups in total. The zero-order valence-corrected chi connectivity index (χ0v) is 15.1. The Hall–Kier alpha value is -2.28. The van der Waals surface area contributed by atoms with Crippen molar-refractivity contribution in [3.63, 3.8) is 0 Å². The van der Waals surface area contributed by atoms with Crippen LogP contribution in [0.3, 0.4) is 0 Å². The van der Waals surface area contributed by atoms with Gasteiger partial charge < -0.3 is 19.9 Å². The van der Waals surface area contributed by atoms with Gasteiger partial charge in [-0.2, -0.15) is 0 Å². The Balaban J connectivity index is 2.81. The summed E-state index contributed by atoms with van der Waals surface area (Å²) in [6, 6.07) is 6.11. The SMILES string of the molecule is CC(=O)OC(OC(=O)NC(CCC(=O)O)c1ccc(Cl)cc1)C(C)C. The number of carbonyl (C=O) groups is 3. The Kier molecular flexibility index (Phi) is 8.21. The Morgan fingerprint density at radius 2 is 1.76 bits per heavy atom. The molecule has 1 aromatic carbocycles. The van der Waals surface area contributed by atoms with Gasteiger partial charge in [0, 0.05) is 24.3 Å². The average molecular weight is 372 g/mol. The summed E-state index contributed by atoms with van der Waals surface area (Å²) in [7, 11) is 0. The number of carbonyl (C=O) groups excluding carboxylic acids is 2. The molecule has 0 aromatic heterocycles. The number of hydrogen-bond acceptors (Lipinski definition) is 5. The van der Waals surface area contributed by atoms with Crippen molar-refractivity contribution in [2.75, 3.05) is 0 Å². The van der Waals surface area contributed by atoms with Crippen molar-refractivity contribution in [1.82, 2.24) is 5.32 Å². The lowest BCUT2D eigenvalue weighted by Crippen LogP contribution is -2.36. The van der Waals surface area contributed by atoms with Crippen LogP contribution in [0.15, 0.2) is 24.3 Å². The number of carboxylic acids is 1. The van der Waals surface area contributed by atoms with Crippen LogP contribution in [0, 0.1) is 5.92 Å². The van der Waals surface area contributed by atoms with Gasteiger partial charge in [0.2, 0.25) is 0 Å². The van der Waals surface area contributed by atoms with E-state index in [4.69, 9.17) is 26.2 Å². The van der Waals surface area contributed by atoms with Crippen molar-refractivity contribution >= 4 is 29.6 Å². The van der Waals surface area contributed by atoms with Gasteiger partial charge in [0.05, 0.1) is 6.04 Å². The number of alkyl carbamates (subject to hydrolysis) is 1. The van der Waals surface area contributed by atoms with Crippen molar-refractivity contribution in [3.8, 4) is 0 Å². The van der Waals surface area contributed by atoms with Crippen LogP contribution < -0.4 is 5.32 Å². The third-order valence-electron chi connectivity index (χ3n) is 3.26. The number of amides is 1. The topological polar surface area (TPSA) is 102 Å². The normalized spacial score (nSPS) is 13.0. The molecule has 0 aliphatic carbocycles. The van der Waals surface area contributed by atoms with Crippen LogP contribution in [0.2, 0.25) is 5.02 Å². The zero-order valence-electron chi connectivity index (χ0n) is 14.3. The standard InChI is InChI=1S/C17H22ClNO6/c1-10(2)16(24-11(3)20)25-17(23)19-14(8-9-15(21)22)12-4-6-13(18)7-5-12/h4-7,10,14,16H,8-9H2,1-3H3,(H,19,23)(H,21,22). The quantitative estimate of drug-likeness (QED) is 0.535. The molecule has 8 heteroatoms. The molecule has 1 aromatic rings. The van der Waals surface area contributed by atoms with Gasteiger partial charge in [-0.3, -0.25) is 9.59 Å². The van der Waals surface area contributed by atoms with Gasteiger partial charge >= 0.3 is 18.0 Å². The van der Waals surface area contributed by atoms with Gasteiger partial charge in [0.15, 0.2) is 0 Å². The lowest BCUT2D eigenvalue weighted by molar-refractivity contribution is -0.172. The lowest BCUT2D eigenvalue weighted by Gasteiger charge is -2.23. The van der Waals surface area contributed by atoms with Crippen molar-refractivity contribution < 1.29 is 29.0 Å². The molecule has 0 radical (unpaired) electrons. The third kappa shape index (κ3) is 7.89. The monoisotopic (exact) mass is 371 g/mol. The molecule has 138 valence electrons. The summed E-state index contributed by atoms with van der Waals surface area (Å²) in [6.07, 6.45) is -1.79. The van der Waals surface area contributed by atoms with Crippen LogP contribution in [-0.4, -0.2) is 29.4 Å². The van der Waals surface area contributed by atoms with Gasteiger partial charge in [-0.25, -0.2) is 4.79 Å². The first-order valence-corrected chi connectivity index (χ1v) is 8.18. The van der Waals surface area contributed by atoms with E-state index in [0.717, 1.165) is 0 Å². The van der Waals surface area contributed by atoms with E-state index < -0.39 is 30.4 Å². The van der Waals surface area contributed by atoms with Crippen LogP contribution in [-0.2, 0) is 19.1 Å². The summed E-state index contributed by atoms with van der Waals surface area (Å²) in [5.41, 5.74) is 0.691. The molecule has 2 atom stereocenters. The Morgan fingerprint density at radius 1 is 1.16 bits per heavy atom. The maximum atomic E-state index is 12.1. The van der Waals surface area contributed by atoms with Crippen LogP contribution in [0.5, 0.6) is 0 Å². The first-order chi connectivity index (χ1) is 11.7. The highest BCUT2D eigenvalue weighted by Crippen LogP contribution is 2.21. The minimum atomic E-state index is -1.03. The number of carboxylic acid groups (broad SMARTS) is 1. The minimum Gasteiger partial charge on any atom is -0.481 e. The molecule has 0 heterocycles. The summed E-state index contributed by atoms with van der Waals surface area (Å²) < 4.78 is 10.1. The number of esters is 1. The van der Waals surface area contributed by atoms with E-state index >= 15 is 0 Å². The van der Waals surface area contributed by atoms with E-state index in [1.807, 2.05) is 0 Å². The molecule has 0 aliphatic rings. The fraction of sp³-hybridized carbons (Fsp3) is 0.471. The van der Waals surface area contributed by atoms with Crippen molar-refractivity contribution in [3.05, 3.63) is 34.9 Å². The molecule has 0 aliphatic heterocycles. The van der Waals surface area contributed by atoms with E-state index in [1.54, 1.807) is 38.1 Å². The van der Waals surface area contributed by atoms with Gasteiger partial charge in [-0.05, 0) is 24.1 Å². The highest BCUT2D eigenvalue weighted by Gasteiger charge is 2.24. The van der Waals surface area contributed by atoms with E-state index in [2.05, 4.69) is 5.32 Å². The van der Waals surface area contributed by atoms with Gasteiger partial charge in [0.25, 0.3) is 6.29 Å². The predicted octanol–water partition coefficient (Wildman–Crippen LogP) is 3.52. The molecule has 0 spiro atoms.